The lowest BCUT2D eigenvalue weighted by atomic mass is 10.1. The fourth-order valence-corrected chi connectivity index (χ4v) is 1.59. The van der Waals surface area contributed by atoms with E-state index in [1.807, 2.05) is 10.6 Å². The highest BCUT2D eigenvalue weighted by atomic mass is 35.5. The highest BCUT2D eigenvalue weighted by Crippen LogP contribution is 2.28. The van der Waals surface area contributed by atoms with Crippen molar-refractivity contribution in [1.29, 1.82) is 0 Å². The van der Waals surface area contributed by atoms with Crippen LogP contribution in [0, 0.1) is 0 Å². The third-order valence-electron chi connectivity index (χ3n) is 2.25. The van der Waals surface area contributed by atoms with Gasteiger partial charge in [-0.25, -0.2) is 4.79 Å². The highest BCUT2D eigenvalue weighted by molar-refractivity contribution is 6.35. The zero-order valence-electron chi connectivity index (χ0n) is 8.86. The van der Waals surface area contributed by atoms with Crippen LogP contribution >= 0.6 is 11.6 Å². The van der Waals surface area contributed by atoms with Gasteiger partial charge >= 0.3 is 6.03 Å². The van der Waals surface area contributed by atoms with E-state index in [2.05, 4.69) is 0 Å². The molecule has 3 N–H and O–H groups in total. The van der Waals surface area contributed by atoms with Crippen LogP contribution in [0.25, 0.3) is 6.08 Å². The molecular formula is C11H7ClN2O4. The van der Waals surface area contributed by atoms with Crippen LogP contribution in [-0.4, -0.2) is 23.0 Å². The molecule has 1 aromatic rings. The highest BCUT2D eigenvalue weighted by Gasteiger charge is 2.27. The summed E-state index contributed by atoms with van der Waals surface area (Å²) in [5.41, 5.74) is 0.0356. The molecule has 1 aliphatic heterocycles. The standard InChI is InChI=1S/C11H7ClN2O4/c12-8-5(2-1-3-7(8)15)4-6-9(16)13-11(18)14-10(6)17/h1-4,15H,(H2,13,14,16,17,18). The Balaban J connectivity index is 2.44. The molecule has 0 aromatic heterocycles. The van der Waals surface area contributed by atoms with Gasteiger partial charge in [-0.1, -0.05) is 23.7 Å². The fraction of sp³-hybridized carbons (Fsp3) is 0. The second kappa shape index (κ2) is 4.50. The van der Waals surface area contributed by atoms with Crippen molar-refractivity contribution in [1.82, 2.24) is 10.6 Å². The normalized spacial score (nSPS) is 15.2. The minimum Gasteiger partial charge on any atom is -0.506 e. The van der Waals surface area contributed by atoms with Crippen molar-refractivity contribution in [3.05, 3.63) is 34.4 Å². The lowest BCUT2D eigenvalue weighted by Crippen LogP contribution is -2.51. The van der Waals surface area contributed by atoms with Gasteiger partial charge in [0.2, 0.25) is 0 Å². The van der Waals surface area contributed by atoms with E-state index < -0.39 is 17.8 Å². The molecule has 18 heavy (non-hydrogen) atoms. The van der Waals surface area contributed by atoms with Gasteiger partial charge in [0.1, 0.15) is 11.3 Å². The van der Waals surface area contributed by atoms with E-state index in [0.717, 1.165) is 0 Å². The number of rotatable bonds is 1. The summed E-state index contributed by atoms with van der Waals surface area (Å²) in [5.74, 6) is -1.80. The summed E-state index contributed by atoms with van der Waals surface area (Å²) in [5, 5.41) is 13.3. The Labute approximate surface area is 106 Å². The Morgan fingerprint density at radius 2 is 1.72 bits per heavy atom. The second-order valence-corrected chi connectivity index (χ2v) is 3.85. The van der Waals surface area contributed by atoms with E-state index in [4.69, 9.17) is 11.6 Å². The van der Waals surface area contributed by atoms with Crippen LogP contribution in [0.2, 0.25) is 5.02 Å². The molecule has 4 amide bonds. The van der Waals surface area contributed by atoms with Crippen molar-refractivity contribution >= 4 is 35.5 Å². The number of hydrogen-bond acceptors (Lipinski definition) is 4. The molecular weight excluding hydrogens is 260 g/mol. The predicted molar refractivity (Wildman–Crippen MR) is 62.8 cm³/mol. The van der Waals surface area contributed by atoms with Crippen LogP contribution in [0.15, 0.2) is 23.8 Å². The number of hydrogen-bond donors (Lipinski definition) is 3. The minimum absolute atomic E-state index is 0.0162. The maximum atomic E-state index is 11.4. The smallest absolute Gasteiger partial charge is 0.328 e. The number of barbiturate groups is 1. The number of nitrogens with one attached hydrogen (secondary N) is 2. The molecule has 0 aliphatic carbocycles. The number of aromatic hydroxyl groups is 1. The van der Waals surface area contributed by atoms with Gasteiger partial charge in [0.05, 0.1) is 5.02 Å². The number of benzene rings is 1. The van der Waals surface area contributed by atoms with Crippen LogP contribution in [0.5, 0.6) is 5.75 Å². The first-order valence-electron chi connectivity index (χ1n) is 4.85. The Bertz CT molecular complexity index is 573. The summed E-state index contributed by atoms with van der Waals surface area (Å²) in [7, 11) is 0. The Hall–Kier alpha value is -2.34. The maximum absolute atomic E-state index is 11.4. The van der Waals surface area contributed by atoms with E-state index in [1.54, 1.807) is 0 Å². The number of phenolic OH excluding ortho intramolecular Hbond substituents is 1. The van der Waals surface area contributed by atoms with Crippen molar-refractivity contribution in [3.8, 4) is 5.75 Å². The number of amides is 4. The monoisotopic (exact) mass is 266 g/mol. The molecule has 0 saturated carbocycles. The van der Waals surface area contributed by atoms with Gasteiger partial charge in [-0.15, -0.1) is 0 Å². The first-order chi connectivity index (χ1) is 8.49. The third kappa shape index (κ3) is 2.18. The van der Waals surface area contributed by atoms with Crippen molar-refractivity contribution in [2.45, 2.75) is 0 Å². The minimum atomic E-state index is -0.871. The number of carbonyl (C=O) groups excluding carboxylic acids is 3. The summed E-state index contributed by atoms with van der Waals surface area (Å²) in [4.78, 5) is 33.7. The van der Waals surface area contributed by atoms with Gasteiger partial charge in [-0.05, 0) is 17.7 Å². The van der Waals surface area contributed by atoms with Crippen LogP contribution in [0.4, 0.5) is 4.79 Å². The number of imide groups is 2. The number of carbonyl (C=O) groups is 3. The maximum Gasteiger partial charge on any atom is 0.328 e. The van der Waals surface area contributed by atoms with Crippen LogP contribution in [-0.2, 0) is 9.59 Å². The van der Waals surface area contributed by atoms with E-state index >= 15 is 0 Å². The average molecular weight is 267 g/mol. The number of phenols is 1. The van der Waals surface area contributed by atoms with Gasteiger partial charge in [-0.2, -0.15) is 0 Å². The molecule has 92 valence electrons. The molecule has 1 saturated heterocycles. The van der Waals surface area contributed by atoms with Gasteiger partial charge in [0.25, 0.3) is 11.8 Å². The van der Waals surface area contributed by atoms with E-state index in [-0.39, 0.29) is 16.3 Å². The van der Waals surface area contributed by atoms with Crippen LogP contribution in [0.1, 0.15) is 5.56 Å². The topological polar surface area (TPSA) is 95.5 Å². The molecule has 0 bridgehead atoms. The first-order valence-corrected chi connectivity index (χ1v) is 5.22. The number of halogens is 1. The van der Waals surface area contributed by atoms with E-state index in [9.17, 15) is 19.5 Å². The molecule has 0 atom stereocenters. The molecule has 0 radical (unpaired) electrons. The molecule has 0 spiro atoms. The number of urea groups is 1. The summed E-state index contributed by atoms with van der Waals surface area (Å²) < 4.78 is 0. The lowest BCUT2D eigenvalue weighted by molar-refractivity contribution is -0.123. The molecule has 7 heteroatoms. The Kier molecular flexibility index (Phi) is 3.03. The molecule has 6 nitrogen and oxygen atoms in total. The molecule has 1 aliphatic rings. The van der Waals surface area contributed by atoms with Gasteiger partial charge in [0, 0.05) is 0 Å². The molecule has 1 fully saturated rings. The summed E-state index contributed by atoms with van der Waals surface area (Å²) in [6.45, 7) is 0. The molecule has 2 rings (SSSR count). The van der Waals surface area contributed by atoms with Crippen LogP contribution < -0.4 is 10.6 Å². The SMILES string of the molecule is O=C1NC(=O)C(=Cc2cccc(O)c2Cl)C(=O)N1. The van der Waals surface area contributed by atoms with Crippen LogP contribution in [0.3, 0.4) is 0 Å². The predicted octanol–water partition coefficient (Wildman–Crippen LogP) is 0.795. The zero-order chi connectivity index (χ0) is 13.3. The van der Waals surface area contributed by atoms with Crippen molar-refractivity contribution in [2.75, 3.05) is 0 Å². The van der Waals surface area contributed by atoms with Crippen molar-refractivity contribution in [2.24, 2.45) is 0 Å². The first kappa shape index (κ1) is 12.1. The fourth-order valence-electron chi connectivity index (χ4n) is 1.41. The summed E-state index contributed by atoms with van der Waals surface area (Å²) >= 11 is 5.81. The van der Waals surface area contributed by atoms with Gasteiger partial charge in [0.15, 0.2) is 0 Å². The largest absolute Gasteiger partial charge is 0.506 e. The Morgan fingerprint density at radius 3 is 2.33 bits per heavy atom. The van der Waals surface area contributed by atoms with E-state index in [0.29, 0.717) is 5.56 Å². The van der Waals surface area contributed by atoms with Crippen molar-refractivity contribution < 1.29 is 19.5 Å². The average Bonchev–Trinajstić information content (AvgIpc) is 2.28. The quantitative estimate of drug-likeness (QED) is 0.517. The third-order valence-corrected chi connectivity index (χ3v) is 2.66. The lowest BCUT2D eigenvalue weighted by Gasteiger charge is -2.14. The van der Waals surface area contributed by atoms with Gasteiger partial charge < -0.3 is 5.11 Å². The molecule has 1 heterocycles. The zero-order valence-corrected chi connectivity index (χ0v) is 9.62. The Morgan fingerprint density at radius 1 is 1.11 bits per heavy atom. The van der Waals surface area contributed by atoms with Gasteiger partial charge in [-0.3, -0.25) is 20.2 Å². The summed E-state index contributed by atoms with van der Waals surface area (Å²) in [6, 6.07) is 3.53. The summed E-state index contributed by atoms with van der Waals surface area (Å²) in [6.07, 6.45) is 1.19. The van der Waals surface area contributed by atoms with Crippen molar-refractivity contribution in [3.63, 3.8) is 0 Å². The molecule has 0 unspecified atom stereocenters. The van der Waals surface area contributed by atoms with E-state index in [1.165, 1.54) is 24.3 Å². The second-order valence-electron chi connectivity index (χ2n) is 3.48. The molecule has 1 aromatic carbocycles.